The van der Waals surface area contributed by atoms with Crippen LogP contribution in [0.3, 0.4) is 0 Å². The van der Waals surface area contributed by atoms with Crippen LogP contribution in [0.5, 0.6) is 0 Å². The van der Waals surface area contributed by atoms with Gasteiger partial charge in [-0.1, -0.05) is 18.2 Å². The van der Waals surface area contributed by atoms with E-state index in [9.17, 15) is 12.8 Å². The Morgan fingerprint density at radius 2 is 2.00 bits per heavy atom. The van der Waals surface area contributed by atoms with Crippen LogP contribution in [-0.2, 0) is 10.0 Å². The van der Waals surface area contributed by atoms with Gasteiger partial charge in [-0.15, -0.1) is 0 Å². The second-order valence-corrected chi connectivity index (χ2v) is 8.93. The van der Waals surface area contributed by atoms with Crippen LogP contribution in [0.2, 0.25) is 0 Å². The van der Waals surface area contributed by atoms with Crippen molar-refractivity contribution in [3.8, 4) is 0 Å². The van der Waals surface area contributed by atoms with E-state index in [0.29, 0.717) is 11.3 Å². The summed E-state index contributed by atoms with van der Waals surface area (Å²) in [6.45, 7) is 1.89. The maximum atomic E-state index is 13.6. The van der Waals surface area contributed by atoms with Gasteiger partial charge >= 0.3 is 0 Å². The van der Waals surface area contributed by atoms with Crippen molar-refractivity contribution < 1.29 is 17.2 Å². The fourth-order valence-corrected chi connectivity index (χ4v) is 4.04. The van der Waals surface area contributed by atoms with Crippen LogP contribution < -0.4 is 4.31 Å². The number of furan rings is 1. The third-order valence-corrected chi connectivity index (χ3v) is 6.29. The summed E-state index contributed by atoms with van der Waals surface area (Å²) in [6.07, 6.45) is 9.04. The van der Waals surface area contributed by atoms with Crippen molar-refractivity contribution in [3.05, 3.63) is 53.6 Å². The minimum Gasteiger partial charge on any atom is -0.456 e. The maximum Gasteiger partial charge on any atom is 0.232 e. The highest BCUT2D eigenvalue weighted by molar-refractivity contribution is 7.92. The summed E-state index contributed by atoms with van der Waals surface area (Å²) in [5.41, 5.74) is 2.99. The number of anilines is 1. The molecule has 0 aliphatic heterocycles. The van der Waals surface area contributed by atoms with E-state index < -0.39 is 10.0 Å². The molecule has 2 atom stereocenters. The Morgan fingerprint density at radius 3 is 2.69 bits per heavy atom. The summed E-state index contributed by atoms with van der Waals surface area (Å²) in [5.74, 6) is 0.853. The zero-order valence-electron chi connectivity index (χ0n) is 14.9. The van der Waals surface area contributed by atoms with Crippen LogP contribution >= 0.6 is 0 Å². The lowest BCUT2D eigenvalue weighted by molar-refractivity contribution is 0.559. The van der Waals surface area contributed by atoms with E-state index in [0.717, 1.165) is 28.7 Å². The number of benzene rings is 1. The minimum atomic E-state index is -3.39. The molecule has 2 aliphatic carbocycles. The molecule has 6 heteroatoms. The van der Waals surface area contributed by atoms with Gasteiger partial charge in [0.1, 0.15) is 17.2 Å². The molecule has 2 aromatic rings. The minimum absolute atomic E-state index is 0.00581. The summed E-state index contributed by atoms with van der Waals surface area (Å²) in [4.78, 5) is 0. The van der Waals surface area contributed by atoms with Crippen molar-refractivity contribution in [2.75, 3.05) is 17.6 Å². The topological polar surface area (TPSA) is 50.5 Å². The Balaban J connectivity index is 1.84. The first-order chi connectivity index (χ1) is 12.3. The highest BCUT2D eigenvalue weighted by atomic mass is 32.2. The molecule has 2 aliphatic rings. The monoisotopic (exact) mass is 373 g/mol. The molecule has 1 saturated carbocycles. The summed E-state index contributed by atoms with van der Waals surface area (Å²) in [5, 5.41) is 0.895. The third-order valence-electron chi connectivity index (χ3n) is 5.10. The van der Waals surface area contributed by atoms with Gasteiger partial charge in [0.15, 0.2) is 0 Å². The van der Waals surface area contributed by atoms with E-state index >= 15 is 0 Å². The summed E-state index contributed by atoms with van der Waals surface area (Å²) >= 11 is 0. The lowest BCUT2D eigenvalue weighted by Crippen LogP contribution is -2.25. The molecule has 0 N–H and O–H groups in total. The molecule has 1 heterocycles. The van der Waals surface area contributed by atoms with Crippen molar-refractivity contribution in [2.45, 2.75) is 13.3 Å². The smallest absolute Gasteiger partial charge is 0.232 e. The highest BCUT2D eigenvalue weighted by Crippen LogP contribution is 2.55. The fourth-order valence-electron chi connectivity index (χ4n) is 3.53. The standard InChI is InChI=1S/C20H20FNO3S/c1-4-5-12-8-13-9-20(14-6-7-17(21)16-10-15(14)16)25-19(13)11-18(12)22(2)26(3,23)24/h4-9,11,15-16H,10H2,1-3H3/b5-4+. The fraction of sp³-hybridized carbons (Fsp3) is 0.300. The third kappa shape index (κ3) is 2.78. The molecule has 4 rings (SSSR count). The number of allylic oxidation sites excluding steroid dienone is 5. The average molecular weight is 373 g/mol. The Bertz CT molecular complexity index is 1090. The molecule has 0 spiro atoms. The first-order valence-corrected chi connectivity index (χ1v) is 10.4. The number of rotatable bonds is 4. The molecule has 0 radical (unpaired) electrons. The Morgan fingerprint density at radius 1 is 1.23 bits per heavy atom. The van der Waals surface area contributed by atoms with Crippen LogP contribution in [-0.4, -0.2) is 21.7 Å². The van der Waals surface area contributed by atoms with Gasteiger partial charge < -0.3 is 4.42 Å². The van der Waals surface area contributed by atoms with Crippen molar-refractivity contribution in [3.63, 3.8) is 0 Å². The number of halogens is 1. The molecule has 4 nitrogen and oxygen atoms in total. The lowest BCUT2D eigenvalue weighted by atomic mass is 10.0. The molecule has 1 fully saturated rings. The van der Waals surface area contributed by atoms with Crippen LogP contribution in [0.1, 0.15) is 24.7 Å². The van der Waals surface area contributed by atoms with Crippen LogP contribution in [0.25, 0.3) is 22.6 Å². The second kappa shape index (κ2) is 5.84. The zero-order chi connectivity index (χ0) is 18.6. The molecule has 1 aromatic heterocycles. The molecule has 26 heavy (non-hydrogen) atoms. The van der Waals surface area contributed by atoms with Crippen LogP contribution in [0.4, 0.5) is 10.1 Å². The van der Waals surface area contributed by atoms with E-state index in [1.807, 2.05) is 31.2 Å². The highest BCUT2D eigenvalue weighted by Gasteiger charge is 2.45. The molecular weight excluding hydrogens is 353 g/mol. The van der Waals surface area contributed by atoms with E-state index in [4.69, 9.17) is 4.42 Å². The van der Waals surface area contributed by atoms with E-state index in [1.54, 1.807) is 12.1 Å². The molecule has 0 amide bonds. The van der Waals surface area contributed by atoms with Crippen molar-refractivity contribution >= 4 is 38.3 Å². The first-order valence-electron chi connectivity index (χ1n) is 8.51. The molecule has 1 aromatic carbocycles. The van der Waals surface area contributed by atoms with Gasteiger partial charge in [-0.3, -0.25) is 4.31 Å². The zero-order valence-corrected chi connectivity index (χ0v) is 15.7. The van der Waals surface area contributed by atoms with Crippen molar-refractivity contribution in [2.24, 2.45) is 11.8 Å². The van der Waals surface area contributed by atoms with E-state index in [2.05, 4.69) is 0 Å². The number of nitrogens with zero attached hydrogens (tertiary/aromatic N) is 1. The largest absolute Gasteiger partial charge is 0.456 e. The molecule has 136 valence electrons. The Labute approximate surface area is 152 Å². The van der Waals surface area contributed by atoms with Gasteiger partial charge in [-0.2, -0.15) is 0 Å². The maximum absolute atomic E-state index is 13.6. The number of sulfonamides is 1. The van der Waals surface area contributed by atoms with Crippen LogP contribution in [0, 0.1) is 11.8 Å². The van der Waals surface area contributed by atoms with E-state index in [-0.39, 0.29) is 17.7 Å². The Kier molecular flexibility index (Phi) is 3.84. The molecular formula is C20H20FNO3S. The van der Waals surface area contributed by atoms with Gasteiger partial charge in [-0.05, 0) is 48.6 Å². The average Bonchev–Trinajstić information content (AvgIpc) is 3.28. The van der Waals surface area contributed by atoms with Gasteiger partial charge in [-0.25, -0.2) is 12.8 Å². The lowest BCUT2D eigenvalue weighted by Gasteiger charge is -2.19. The molecule has 0 bridgehead atoms. The van der Waals surface area contributed by atoms with Crippen molar-refractivity contribution in [1.82, 2.24) is 0 Å². The van der Waals surface area contributed by atoms with Gasteiger partial charge in [0.05, 0.1) is 11.9 Å². The first kappa shape index (κ1) is 17.1. The quantitative estimate of drug-likeness (QED) is 0.777. The van der Waals surface area contributed by atoms with E-state index in [1.165, 1.54) is 23.7 Å². The summed E-state index contributed by atoms with van der Waals surface area (Å²) in [7, 11) is -1.86. The second-order valence-electron chi connectivity index (χ2n) is 6.91. The van der Waals surface area contributed by atoms with Gasteiger partial charge in [0, 0.05) is 24.4 Å². The normalized spacial score (nSPS) is 22.3. The summed E-state index contributed by atoms with van der Waals surface area (Å²) in [6, 6.07) is 5.62. The number of hydrogen-bond acceptors (Lipinski definition) is 3. The van der Waals surface area contributed by atoms with Crippen molar-refractivity contribution in [1.29, 1.82) is 0 Å². The Hall–Kier alpha value is -2.34. The molecule has 0 saturated heterocycles. The van der Waals surface area contributed by atoms with Gasteiger partial charge in [0.2, 0.25) is 10.0 Å². The number of hydrogen-bond donors (Lipinski definition) is 0. The van der Waals surface area contributed by atoms with Crippen LogP contribution in [0.15, 0.2) is 46.7 Å². The predicted molar refractivity (Wildman–Crippen MR) is 103 cm³/mol. The summed E-state index contributed by atoms with van der Waals surface area (Å²) < 4.78 is 44.8. The predicted octanol–water partition coefficient (Wildman–Crippen LogP) is 4.75. The SMILES string of the molecule is C/C=C/c1cc2cc(C3=CC=C(F)C4CC34)oc2cc1N(C)S(C)(=O)=O. The molecule has 2 unspecified atom stereocenters. The van der Waals surface area contributed by atoms with Gasteiger partial charge in [0.25, 0.3) is 0 Å². The number of fused-ring (bicyclic) bond motifs is 2.